The first kappa shape index (κ1) is 12.3. The molecule has 0 radical (unpaired) electrons. The topological polar surface area (TPSA) is 33.1 Å². The van der Waals surface area contributed by atoms with Gasteiger partial charge in [-0.2, -0.15) is 0 Å². The molecule has 88 valence electrons. The quantitative estimate of drug-likeness (QED) is 0.914. The predicted octanol–water partition coefficient (Wildman–Crippen LogP) is 3.74. The zero-order chi connectivity index (χ0) is 12.5. The van der Waals surface area contributed by atoms with Gasteiger partial charge in [0, 0.05) is 21.8 Å². The molecule has 1 aromatic heterocycles. The Hall–Kier alpha value is -1.19. The fourth-order valence-electron chi connectivity index (χ4n) is 1.74. The molecule has 0 aliphatic carbocycles. The van der Waals surface area contributed by atoms with E-state index in [4.69, 9.17) is 0 Å². The third-order valence-electron chi connectivity index (χ3n) is 2.58. The highest BCUT2D eigenvalue weighted by molar-refractivity contribution is 9.10. The fourth-order valence-corrected chi connectivity index (χ4v) is 2.00. The van der Waals surface area contributed by atoms with E-state index in [1.165, 1.54) is 0 Å². The number of benzene rings is 1. The van der Waals surface area contributed by atoms with E-state index in [2.05, 4.69) is 20.9 Å². The van der Waals surface area contributed by atoms with Gasteiger partial charge in [0.15, 0.2) is 0 Å². The molecule has 0 bridgehead atoms. The molecule has 0 saturated heterocycles. The Kier molecular flexibility index (Phi) is 3.31. The van der Waals surface area contributed by atoms with Crippen LogP contribution >= 0.6 is 15.9 Å². The second-order valence-corrected chi connectivity index (χ2v) is 5.38. The second kappa shape index (κ2) is 4.59. The van der Waals surface area contributed by atoms with Crippen LogP contribution in [-0.4, -0.2) is 10.1 Å². The molecule has 0 aliphatic rings. The fraction of sp³-hybridized carbons (Fsp3) is 0.214. The average molecular weight is 292 g/mol. The van der Waals surface area contributed by atoms with Crippen molar-refractivity contribution in [2.75, 3.05) is 0 Å². The van der Waals surface area contributed by atoms with Gasteiger partial charge >= 0.3 is 0 Å². The number of hydrogen-bond donors (Lipinski definition) is 1. The van der Waals surface area contributed by atoms with Gasteiger partial charge in [-0.25, -0.2) is 0 Å². The molecule has 0 unspecified atom stereocenters. The van der Waals surface area contributed by atoms with Crippen molar-refractivity contribution in [3.05, 3.63) is 52.6 Å². The van der Waals surface area contributed by atoms with Gasteiger partial charge in [-0.15, -0.1) is 0 Å². The summed E-state index contributed by atoms with van der Waals surface area (Å²) in [6.45, 7) is 3.54. The van der Waals surface area contributed by atoms with Gasteiger partial charge in [-0.1, -0.05) is 34.1 Å². The Labute approximate surface area is 109 Å². The molecule has 0 saturated carbocycles. The van der Waals surface area contributed by atoms with E-state index in [1.54, 1.807) is 20.0 Å². The lowest BCUT2D eigenvalue weighted by molar-refractivity contribution is 0.0789. The maximum atomic E-state index is 10.1. The van der Waals surface area contributed by atoms with Gasteiger partial charge in [0.25, 0.3) is 0 Å². The van der Waals surface area contributed by atoms with Crippen molar-refractivity contribution in [1.82, 2.24) is 4.98 Å². The van der Waals surface area contributed by atoms with E-state index in [9.17, 15) is 5.11 Å². The van der Waals surface area contributed by atoms with Crippen molar-refractivity contribution < 1.29 is 5.11 Å². The molecule has 0 fully saturated rings. The number of aromatic nitrogens is 1. The van der Waals surface area contributed by atoms with Crippen molar-refractivity contribution in [2.45, 2.75) is 19.4 Å². The molecular formula is C14H14BrNO. The average Bonchev–Trinajstić information content (AvgIpc) is 2.29. The molecule has 2 nitrogen and oxygen atoms in total. The minimum Gasteiger partial charge on any atom is -0.386 e. The minimum atomic E-state index is -0.892. The summed E-state index contributed by atoms with van der Waals surface area (Å²) in [5, 5.41) is 10.1. The van der Waals surface area contributed by atoms with Crippen molar-refractivity contribution in [3.8, 4) is 11.3 Å². The second-order valence-electron chi connectivity index (χ2n) is 4.47. The normalized spacial score (nSPS) is 11.5. The Balaban J connectivity index is 2.56. The first-order valence-electron chi connectivity index (χ1n) is 5.42. The third kappa shape index (κ3) is 2.73. The monoisotopic (exact) mass is 291 g/mol. The molecule has 1 aromatic carbocycles. The molecule has 17 heavy (non-hydrogen) atoms. The van der Waals surface area contributed by atoms with E-state index in [0.717, 1.165) is 21.3 Å². The van der Waals surface area contributed by atoms with Crippen LogP contribution in [0.5, 0.6) is 0 Å². The SMILES string of the molecule is CC(C)(O)c1cccnc1-c1ccc(Br)cc1. The van der Waals surface area contributed by atoms with Crippen LogP contribution in [0.3, 0.4) is 0 Å². The summed E-state index contributed by atoms with van der Waals surface area (Å²) in [7, 11) is 0. The van der Waals surface area contributed by atoms with Crippen LogP contribution < -0.4 is 0 Å². The van der Waals surface area contributed by atoms with Gasteiger partial charge in [0.1, 0.15) is 0 Å². The van der Waals surface area contributed by atoms with E-state index in [-0.39, 0.29) is 0 Å². The summed E-state index contributed by atoms with van der Waals surface area (Å²) in [6.07, 6.45) is 1.74. The molecule has 3 heteroatoms. The molecule has 0 amide bonds. The first-order chi connectivity index (χ1) is 7.98. The Morgan fingerprint density at radius 3 is 2.35 bits per heavy atom. The Bertz CT molecular complexity index is 514. The molecule has 1 heterocycles. The maximum absolute atomic E-state index is 10.1. The molecule has 0 atom stereocenters. The first-order valence-corrected chi connectivity index (χ1v) is 6.21. The number of rotatable bonds is 2. The van der Waals surface area contributed by atoms with Crippen LogP contribution in [0.25, 0.3) is 11.3 Å². The van der Waals surface area contributed by atoms with E-state index < -0.39 is 5.60 Å². The van der Waals surface area contributed by atoms with Gasteiger partial charge in [0.05, 0.1) is 11.3 Å². The zero-order valence-electron chi connectivity index (χ0n) is 9.81. The highest BCUT2D eigenvalue weighted by Crippen LogP contribution is 2.30. The van der Waals surface area contributed by atoms with E-state index >= 15 is 0 Å². The summed E-state index contributed by atoms with van der Waals surface area (Å²) >= 11 is 3.41. The summed E-state index contributed by atoms with van der Waals surface area (Å²) in [6, 6.07) is 11.7. The van der Waals surface area contributed by atoms with Crippen LogP contribution in [0.1, 0.15) is 19.4 Å². The predicted molar refractivity (Wildman–Crippen MR) is 72.6 cm³/mol. The molecule has 0 aliphatic heterocycles. The molecule has 0 spiro atoms. The van der Waals surface area contributed by atoms with Crippen molar-refractivity contribution in [3.63, 3.8) is 0 Å². The van der Waals surface area contributed by atoms with Gasteiger partial charge in [-0.3, -0.25) is 4.98 Å². The number of halogens is 1. The molecule has 1 N–H and O–H groups in total. The van der Waals surface area contributed by atoms with Crippen LogP contribution in [0.15, 0.2) is 47.1 Å². The van der Waals surface area contributed by atoms with Crippen LogP contribution in [-0.2, 0) is 5.60 Å². The molecule has 2 rings (SSSR count). The van der Waals surface area contributed by atoms with Crippen LogP contribution in [0.4, 0.5) is 0 Å². The largest absolute Gasteiger partial charge is 0.386 e. The summed E-state index contributed by atoms with van der Waals surface area (Å²) in [4.78, 5) is 4.37. The van der Waals surface area contributed by atoms with E-state index in [1.807, 2.05) is 36.4 Å². The number of aliphatic hydroxyl groups is 1. The number of nitrogens with zero attached hydrogens (tertiary/aromatic N) is 1. The Morgan fingerprint density at radius 1 is 1.12 bits per heavy atom. The minimum absolute atomic E-state index is 0.826. The van der Waals surface area contributed by atoms with Gasteiger partial charge < -0.3 is 5.11 Å². The van der Waals surface area contributed by atoms with Crippen molar-refractivity contribution in [2.24, 2.45) is 0 Å². The number of pyridine rings is 1. The van der Waals surface area contributed by atoms with Crippen molar-refractivity contribution in [1.29, 1.82) is 0 Å². The lowest BCUT2D eigenvalue weighted by Crippen LogP contribution is -2.17. The smallest absolute Gasteiger partial charge is 0.0861 e. The van der Waals surface area contributed by atoms with Gasteiger partial charge in [0.2, 0.25) is 0 Å². The lowest BCUT2D eigenvalue weighted by Gasteiger charge is -2.20. The third-order valence-corrected chi connectivity index (χ3v) is 3.11. The van der Waals surface area contributed by atoms with E-state index in [0.29, 0.717) is 0 Å². The van der Waals surface area contributed by atoms with Crippen LogP contribution in [0, 0.1) is 0 Å². The molecular weight excluding hydrogens is 278 g/mol. The van der Waals surface area contributed by atoms with Crippen molar-refractivity contribution >= 4 is 15.9 Å². The maximum Gasteiger partial charge on any atom is 0.0861 e. The number of hydrogen-bond acceptors (Lipinski definition) is 2. The molecule has 2 aromatic rings. The summed E-state index contributed by atoms with van der Waals surface area (Å²) in [5.74, 6) is 0. The zero-order valence-corrected chi connectivity index (χ0v) is 11.4. The van der Waals surface area contributed by atoms with Gasteiger partial charge in [-0.05, 0) is 32.0 Å². The summed E-state index contributed by atoms with van der Waals surface area (Å²) in [5.41, 5.74) is 1.78. The Morgan fingerprint density at radius 2 is 1.76 bits per heavy atom. The lowest BCUT2D eigenvalue weighted by atomic mass is 9.93. The summed E-state index contributed by atoms with van der Waals surface area (Å²) < 4.78 is 1.03. The standard InChI is InChI=1S/C14H14BrNO/c1-14(2,17)12-4-3-9-16-13(12)10-5-7-11(15)8-6-10/h3-9,17H,1-2H3. The van der Waals surface area contributed by atoms with Crippen LogP contribution in [0.2, 0.25) is 0 Å². The highest BCUT2D eigenvalue weighted by Gasteiger charge is 2.21. The highest BCUT2D eigenvalue weighted by atomic mass is 79.9.